The molecule has 0 amide bonds. The number of aryl methyl sites for hydroxylation is 3. The number of aromatic hydroxyl groups is 1. The van der Waals surface area contributed by atoms with Crippen LogP contribution in [0, 0.1) is 0 Å². The number of carbonyl (C=O) groups is 4. The maximum atomic E-state index is 12.6. The number of rotatable bonds is 10. The van der Waals surface area contributed by atoms with Crippen molar-refractivity contribution in [2.45, 2.75) is 204 Å². The van der Waals surface area contributed by atoms with Gasteiger partial charge in [-0.2, -0.15) is 0 Å². The average molecular weight is 1090 g/mol. The number of ketones is 4. The van der Waals surface area contributed by atoms with Gasteiger partial charge in [0, 0.05) is 8.95 Å². The van der Waals surface area contributed by atoms with Crippen molar-refractivity contribution >= 4 is 75.9 Å². The van der Waals surface area contributed by atoms with E-state index < -0.39 is 32.2 Å². The molecule has 0 aromatic heterocycles. The summed E-state index contributed by atoms with van der Waals surface area (Å²) in [5.41, 5.74) is 4.45. The summed E-state index contributed by atoms with van der Waals surface area (Å²) < 4.78 is 32.1. The third-order valence-electron chi connectivity index (χ3n) is 13.9. The molecule has 0 saturated carbocycles. The summed E-state index contributed by atoms with van der Waals surface area (Å²) in [6.45, 7) is 36.5. The van der Waals surface area contributed by atoms with E-state index in [-0.39, 0.29) is 53.6 Å². The molecule has 0 bridgehead atoms. The van der Waals surface area contributed by atoms with Crippen molar-refractivity contribution in [1.29, 1.82) is 0 Å². The van der Waals surface area contributed by atoms with Crippen molar-refractivity contribution in [3.63, 3.8) is 0 Å². The number of ether oxygens (including phenoxy) is 2. The first-order valence-electron chi connectivity index (χ1n) is 23.7. The predicted molar refractivity (Wildman–Crippen MR) is 287 cm³/mol. The van der Waals surface area contributed by atoms with Gasteiger partial charge in [-0.05, 0) is 164 Å². The van der Waals surface area contributed by atoms with Gasteiger partial charge in [0.2, 0.25) is 0 Å². The number of halogens is 2. The van der Waals surface area contributed by atoms with E-state index in [1.54, 1.807) is 19.1 Å². The van der Waals surface area contributed by atoms with Gasteiger partial charge in [0.1, 0.15) is 28.5 Å². The first kappa shape index (κ1) is 61.0. The van der Waals surface area contributed by atoms with Crippen LogP contribution in [0.15, 0.2) is 45.3 Å². The van der Waals surface area contributed by atoms with Crippen molar-refractivity contribution in [2.24, 2.45) is 0 Å². The maximum Gasteiger partial charge on any atom is 0.495 e. The summed E-state index contributed by atoms with van der Waals surface area (Å²) in [7, 11) is -2.13. The highest BCUT2D eigenvalue weighted by Crippen LogP contribution is 2.41. The Kier molecular flexibility index (Phi) is 21.4. The number of fused-ring (bicyclic) bond motifs is 2. The molecule has 3 heterocycles. The molecule has 1 saturated heterocycles. The van der Waals surface area contributed by atoms with E-state index in [0.29, 0.717) is 29.7 Å². The lowest BCUT2D eigenvalue weighted by Crippen LogP contribution is -2.41. The molecule has 0 radical (unpaired) electrons. The largest absolute Gasteiger partial charge is 0.507 e. The molecule has 2 unspecified atom stereocenters. The molecular formula is C54H81BBr2O10Si. The second-order valence-electron chi connectivity index (χ2n) is 20.9. The van der Waals surface area contributed by atoms with E-state index in [2.05, 4.69) is 79.6 Å². The summed E-state index contributed by atoms with van der Waals surface area (Å²) in [4.78, 5) is 46.6. The SMILES string of the molecule is C.CC(=O)CO[Si](C)(C)C(C)(C)C.CCc1cc(C(C)=O)c(O)cc1Br.CCc1cc2c(cc1B1OC(C)(C)C(C)(C)O1)OC(C)(CC)CC2=O.CCc1cc2c(cc1Br)OC(C)(CC)CC2=O. The zero-order chi connectivity index (χ0) is 51.2. The number of Topliss-reactive ketones (excluding diaryl/α,β-unsaturated/α-hetero) is 4. The topological polar surface area (TPSA) is 135 Å². The van der Waals surface area contributed by atoms with Gasteiger partial charge in [0.05, 0.1) is 47.3 Å². The molecule has 3 aliphatic rings. The second kappa shape index (κ2) is 23.9. The number of phenolic OH excluding ortho intramolecular Hbond substituents is 1. The first-order valence-corrected chi connectivity index (χ1v) is 28.2. The Balaban J connectivity index is 0.000000325. The molecule has 10 nitrogen and oxygen atoms in total. The van der Waals surface area contributed by atoms with Crippen LogP contribution in [0.1, 0.15) is 192 Å². The molecule has 0 aliphatic carbocycles. The molecule has 3 aromatic rings. The van der Waals surface area contributed by atoms with Gasteiger partial charge in [-0.3, -0.25) is 19.2 Å². The van der Waals surface area contributed by atoms with Crippen LogP contribution in [0.3, 0.4) is 0 Å². The Labute approximate surface area is 427 Å². The molecule has 3 aromatic carbocycles. The van der Waals surface area contributed by atoms with Crippen LogP contribution in [0.2, 0.25) is 18.1 Å². The molecule has 1 N–H and O–H groups in total. The zero-order valence-corrected chi connectivity index (χ0v) is 47.7. The predicted octanol–water partition coefficient (Wildman–Crippen LogP) is 14.0. The lowest BCUT2D eigenvalue weighted by Gasteiger charge is -2.35. The van der Waals surface area contributed by atoms with Gasteiger partial charge in [0.15, 0.2) is 31.5 Å². The fourth-order valence-corrected chi connectivity index (χ4v) is 9.35. The Morgan fingerprint density at radius 3 is 1.51 bits per heavy atom. The standard InChI is InChI=1S/C20H29BO4.C14H17BrO2.C10H11BrO2.C9H20O2Si.CH4/c1-8-13-10-14-16(22)12-20(7,9-2)23-17(14)11-15(13)21-24-18(3,4)19(5,6)25-21;1-4-9-6-10-12(16)8-14(3,5-2)17-13(10)7-11(9)15;1-3-7-4-8(6(2)12)10(13)5-9(7)11;1-8(10)7-11-12(5,6)9(2,3)4;/h10-11H,8-9,12H2,1-7H3;6-7H,4-5,8H2,1-3H3;4-5,13H,3H2,1-2H3;7H2,1-6H3;1H4. The highest BCUT2D eigenvalue weighted by molar-refractivity contribution is 9.10. The van der Waals surface area contributed by atoms with Crippen LogP contribution in [0.5, 0.6) is 17.2 Å². The smallest absolute Gasteiger partial charge is 0.495 e. The van der Waals surface area contributed by atoms with Crippen molar-refractivity contribution in [1.82, 2.24) is 0 Å². The second-order valence-corrected chi connectivity index (χ2v) is 27.4. The van der Waals surface area contributed by atoms with Gasteiger partial charge in [-0.1, -0.05) is 94.7 Å². The lowest BCUT2D eigenvalue weighted by molar-refractivity contribution is -0.119. The van der Waals surface area contributed by atoms with Gasteiger partial charge in [0.25, 0.3) is 0 Å². The highest BCUT2D eigenvalue weighted by Gasteiger charge is 2.52. The van der Waals surface area contributed by atoms with Crippen LogP contribution in [-0.4, -0.2) is 72.7 Å². The Bertz CT molecular complexity index is 2290. The van der Waals surface area contributed by atoms with Crippen molar-refractivity contribution in [3.8, 4) is 17.2 Å². The van der Waals surface area contributed by atoms with Crippen LogP contribution in [0.25, 0.3) is 0 Å². The summed E-state index contributed by atoms with van der Waals surface area (Å²) in [5, 5.41) is 9.63. The Hall–Kier alpha value is -3.14. The highest BCUT2D eigenvalue weighted by atomic mass is 79.9. The number of hydrogen-bond acceptors (Lipinski definition) is 10. The van der Waals surface area contributed by atoms with E-state index in [0.717, 1.165) is 74.5 Å². The number of benzene rings is 3. The maximum absolute atomic E-state index is 12.6. The molecule has 68 heavy (non-hydrogen) atoms. The van der Waals surface area contributed by atoms with Crippen LogP contribution in [-0.2, 0) is 37.8 Å². The third kappa shape index (κ3) is 14.9. The molecule has 6 rings (SSSR count). The van der Waals surface area contributed by atoms with Gasteiger partial charge >= 0.3 is 7.12 Å². The Morgan fingerprint density at radius 1 is 0.706 bits per heavy atom. The van der Waals surface area contributed by atoms with E-state index in [9.17, 15) is 24.3 Å². The molecule has 3 aliphatic heterocycles. The summed E-state index contributed by atoms with van der Waals surface area (Å²) in [6, 6.07) is 11.1. The fourth-order valence-electron chi connectivity index (χ4n) is 7.14. The van der Waals surface area contributed by atoms with Crippen molar-refractivity contribution in [2.75, 3.05) is 6.61 Å². The van der Waals surface area contributed by atoms with Crippen LogP contribution in [0.4, 0.5) is 0 Å². The minimum absolute atomic E-state index is 0. The van der Waals surface area contributed by atoms with Crippen molar-refractivity contribution in [3.05, 3.63) is 78.7 Å². The number of phenols is 1. The Morgan fingerprint density at radius 2 is 1.12 bits per heavy atom. The summed E-state index contributed by atoms with van der Waals surface area (Å²) in [5.74, 6) is 1.76. The molecule has 378 valence electrons. The summed E-state index contributed by atoms with van der Waals surface area (Å²) >= 11 is 6.84. The fraction of sp³-hybridized carbons (Fsp3) is 0.593. The number of hydrogen-bond donors (Lipinski definition) is 1. The molecule has 2 atom stereocenters. The van der Waals surface area contributed by atoms with E-state index in [4.69, 9.17) is 23.2 Å². The molecule has 0 spiro atoms. The molecule has 14 heteroatoms. The van der Waals surface area contributed by atoms with Gasteiger partial charge in [-0.15, -0.1) is 0 Å². The van der Waals surface area contributed by atoms with Gasteiger partial charge in [-0.25, -0.2) is 0 Å². The van der Waals surface area contributed by atoms with E-state index in [1.807, 2.05) is 86.6 Å². The first-order chi connectivity index (χ1) is 30.7. The molecular weight excluding hydrogens is 1010 g/mol. The van der Waals surface area contributed by atoms with Crippen LogP contribution >= 0.6 is 31.9 Å². The minimum Gasteiger partial charge on any atom is -0.507 e. The summed E-state index contributed by atoms with van der Waals surface area (Å²) in [6.07, 6.45) is 5.08. The molecule has 1 fully saturated rings. The van der Waals surface area contributed by atoms with Crippen molar-refractivity contribution < 1.29 is 47.5 Å². The average Bonchev–Trinajstić information content (AvgIpc) is 3.45. The monoisotopic (exact) mass is 1090 g/mol. The zero-order valence-electron chi connectivity index (χ0n) is 43.6. The lowest BCUT2D eigenvalue weighted by atomic mass is 9.73. The quantitative estimate of drug-likeness (QED) is 0.154. The number of carbonyl (C=O) groups excluding carboxylic acids is 4. The third-order valence-corrected chi connectivity index (χ3v) is 19.9. The van der Waals surface area contributed by atoms with E-state index >= 15 is 0 Å². The van der Waals surface area contributed by atoms with E-state index in [1.165, 1.54) is 6.92 Å². The van der Waals surface area contributed by atoms with Gasteiger partial charge < -0.3 is 28.3 Å². The van der Waals surface area contributed by atoms with Crippen LogP contribution < -0.4 is 14.9 Å². The minimum atomic E-state index is -1.69. The normalized spacial score (nSPS) is 20.0.